The summed E-state index contributed by atoms with van der Waals surface area (Å²) in [6, 6.07) is 7.80. The van der Waals surface area contributed by atoms with Gasteiger partial charge in [-0.25, -0.2) is 4.79 Å². The molecule has 5 N–H and O–H groups in total. The molecule has 35 heavy (non-hydrogen) atoms. The van der Waals surface area contributed by atoms with Gasteiger partial charge in [0.25, 0.3) is 0 Å². The summed E-state index contributed by atoms with van der Waals surface area (Å²) in [5.74, 6) is -0.876. The van der Waals surface area contributed by atoms with Gasteiger partial charge in [-0.2, -0.15) is 0 Å². The number of carbonyl (C=O) groups is 1. The van der Waals surface area contributed by atoms with Gasteiger partial charge in [-0.15, -0.1) is 0 Å². The van der Waals surface area contributed by atoms with Crippen LogP contribution in [-0.2, 0) is 28.0 Å². The SMILES string of the molecule is CC(C)(O)c1cc(C(C)(C)O)c(OC(=O)c2cccc(C(C)(C)O)c2C(C)(C)O)c(C(C)(C)O)c1. The second-order valence-corrected chi connectivity index (χ2v) is 11.8. The lowest BCUT2D eigenvalue weighted by molar-refractivity contribution is 0.0475. The van der Waals surface area contributed by atoms with Crippen molar-refractivity contribution in [3.63, 3.8) is 0 Å². The van der Waals surface area contributed by atoms with Crippen molar-refractivity contribution in [3.8, 4) is 5.75 Å². The number of aliphatic hydroxyl groups is 5. The summed E-state index contributed by atoms with van der Waals surface area (Å²) in [5, 5.41) is 54.1. The van der Waals surface area contributed by atoms with Crippen molar-refractivity contribution in [2.45, 2.75) is 97.2 Å². The third-order valence-electron chi connectivity index (χ3n) is 5.86. The van der Waals surface area contributed by atoms with Gasteiger partial charge in [0.1, 0.15) is 5.75 Å². The summed E-state index contributed by atoms with van der Waals surface area (Å²) >= 11 is 0. The zero-order valence-corrected chi connectivity index (χ0v) is 22.4. The third-order valence-corrected chi connectivity index (χ3v) is 5.86. The first-order valence-corrected chi connectivity index (χ1v) is 11.6. The van der Waals surface area contributed by atoms with E-state index in [9.17, 15) is 30.3 Å². The third kappa shape index (κ3) is 6.48. The van der Waals surface area contributed by atoms with E-state index in [2.05, 4.69) is 0 Å². The Balaban J connectivity index is 2.85. The Morgan fingerprint density at radius 1 is 0.629 bits per heavy atom. The lowest BCUT2D eigenvalue weighted by Crippen LogP contribution is -2.30. The van der Waals surface area contributed by atoms with E-state index in [0.29, 0.717) is 11.1 Å². The first-order chi connectivity index (χ1) is 15.5. The van der Waals surface area contributed by atoms with Crippen LogP contribution in [0.1, 0.15) is 107 Å². The van der Waals surface area contributed by atoms with Crippen LogP contribution in [0.25, 0.3) is 0 Å². The van der Waals surface area contributed by atoms with Crippen LogP contribution < -0.4 is 4.74 Å². The molecule has 0 spiro atoms. The van der Waals surface area contributed by atoms with Crippen LogP contribution in [0.4, 0.5) is 0 Å². The molecule has 0 fully saturated rings. The fourth-order valence-corrected chi connectivity index (χ4v) is 4.04. The van der Waals surface area contributed by atoms with Crippen molar-refractivity contribution in [2.24, 2.45) is 0 Å². The van der Waals surface area contributed by atoms with Gasteiger partial charge in [-0.3, -0.25) is 0 Å². The fourth-order valence-electron chi connectivity index (χ4n) is 4.04. The summed E-state index contributed by atoms with van der Waals surface area (Å²) in [6.45, 7) is 15.3. The molecule has 7 nitrogen and oxygen atoms in total. The predicted molar refractivity (Wildman–Crippen MR) is 134 cm³/mol. The molecular formula is C28H40O7. The zero-order valence-electron chi connectivity index (χ0n) is 22.4. The first kappa shape index (κ1) is 28.9. The molecule has 0 aliphatic rings. The van der Waals surface area contributed by atoms with E-state index in [4.69, 9.17) is 4.74 Å². The number of hydrogen-bond donors (Lipinski definition) is 5. The van der Waals surface area contributed by atoms with E-state index in [1.165, 1.54) is 47.6 Å². The maximum atomic E-state index is 13.6. The smallest absolute Gasteiger partial charge is 0.343 e. The lowest BCUT2D eigenvalue weighted by atomic mass is 9.82. The van der Waals surface area contributed by atoms with Crippen LogP contribution in [0, 0.1) is 0 Å². The highest BCUT2D eigenvalue weighted by atomic mass is 16.5. The van der Waals surface area contributed by atoms with Crippen LogP contribution in [0.2, 0.25) is 0 Å². The molecule has 0 bridgehead atoms. The number of esters is 1. The Morgan fingerprint density at radius 3 is 1.40 bits per heavy atom. The maximum absolute atomic E-state index is 13.6. The minimum Gasteiger partial charge on any atom is -0.422 e. The number of benzene rings is 2. The number of carbonyl (C=O) groups excluding carboxylic acids is 1. The molecule has 7 heteroatoms. The Bertz CT molecular complexity index is 1060. The molecule has 2 aromatic carbocycles. The predicted octanol–water partition coefficient (Wildman–Crippen LogP) is 4.04. The van der Waals surface area contributed by atoms with E-state index in [1.807, 2.05) is 0 Å². The summed E-state index contributed by atoms with van der Waals surface area (Å²) in [4.78, 5) is 13.6. The molecule has 2 rings (SSSR count). The van der Waals surface area contributed by atoms with Crippen LogP contribution in [0.3, 0.4) is 0 Å². The standard InChI is InChI=1S/C28H40O7/c1-24(2,30)16-14-19(26(5,6)32)22(20(15-16)27(7,8)33)35-23(29)17-12-11-13-18(25(3,4)31)21(17)28(9,10)34/h11-15,30-34H,1-10H3. The molecule has 0 aliphatic carbocycles. The highest BCUT2D eigenvalue weighted by Crippen LogP contribution is 2.42. The molecule has 0 unspecified atom stereocenters. The number of ether oxygens (including phenoxy) is 1. The fraction of sp³-hybridized carbons (Fsp3) is 0.536. The summed E-state index contributed by atoms with van der Waals surface area (Å²) in [6.07, 6.45) is 0. The van der Waals surface area contributed by atoms with Crippen molar-refractivity contribution < 1.29 is 35.1 Å². The molecule has 0 atom stereocenters. The topological polar surface area (TPSA) is 127 Å². The summed E-state index contributed by atoms with van der Waals surface area (Å²) in [7, 11) is 0. The second kappa shape index (κ2) is 8.98. The van der Waals surface area contributed by atoms with Crippen LogP contribution >= 0.6 is 0 Å². The minimum atomic E-state index is -1.50. The van der Waals surface area contributed by atoms with Gasteiger partial charge in [0, 0.05) is 16.7 Å². The lowest BCUT2D eigenvalue weighted by Gasteiger charge is -2.32. The van der Waals surface area contributed by atoms with Crippen LogP contribution in [-0.4, -0.2) is 31.5 Å². The van der Waals surface area contributed by atoms with E-state index >= 15 is 0 Å². The Hall–Kier alpha value is -2.29. The molecule has 0 heterocycles. The molecule has 194 valence electrons. The first-order valence-electron chi connectivity index (χ1n) is 11.6. The normalized spacial score (nSPS) is 13.7. The van der Waals surface area contributed by atoms with Gasteiger partial charge in [0.05, 0.1) is 33.6 Å². The van der Waals surface area contributed by atoms with E-state index in [-0.39, 0.29) is 28.0 Å². The quantitative estimate of drug-likeness (QED) is 0.294. The van der Waals surface area contributed by atoms with E-state index in [1.54, 1.807) is 52.0 Å². The summed E-state index contributed by atoms with van der Waals surface area (Å²) < 4.78 is 5.85. The Labute approximate surface area is 208 Å². The molecule has 0 aliphatic heterocycles. The van der Waals surface area contributed by atoms with Gasteiger partial charge >= 0.3 is 5.97 Å². The highest BCUT2D eigenvalue weighted by molar-refractivity contribution is 5.94. The van der Waals surface area contributed by atoms with Crippen LogP contribution in [0.15, 0.2) is 30.3 Å². The largest absolute Gasteiger partial charge is 0.422 e. The highest BCUT2D eigenvalue weighted by Gasteiger charge is 2.36. The minimum absolute atomic E-state index is 0.0343. The average Bonchev–Trinajstić information content (AvgIpc) is 2.63. The van der Waals surface area contributed by atoms with Crippen molar-refractivity contribution in [1.29, 1.82) is 0 Å². The number of rotatable bonds is 7. The number of hydrogen-bond acceptors (Lipinski definition) is 7. The van der Waals surface area contributed by atoms with Crippen molar-refractivity contribution in [3.05, 3.63) is 63.7 Å². The molecule has 0 saturated carbocycles. The van der Waals surface area contributed by atoms with Gasteiger partial charge in [-0.1, -0.05) is 12.1 Å². The summed E-state index contributed by atoms with van der Waals surface area (Å²) in [5.41, 5.74) is -5.70. The Morgan fingerprint density at radius 2 is 1.06 bits per heavy atom. The van der Waals surface area contributed by atoms with Gasteiger partial charge in [0.15, 0.2) is 0 Å². The van der Waals surface area contributed by atoms with Crippen molar-refractivity contribution in [1.82, 2.24) is 0 Å². The van der Waals surface area contributed by atoms with E-state index in [0.717, 1.165) is 0 Å². The monoisotopic (exact) mass is 488 g/mol. The molecule has 0 amide bonds. The molecular weight excluding hydrogens is 448 g/mol. The van der Waals surface area contributed by atoms with Crippen molar-refractivity contribution in [2.75, 3.05) is 0 Å². The van der Waals surface area contributed by atoms with E-state index < -0.39 is 34.0 Å². The molecule has 0 aromatic heterocycles. The van der Waals surface area contributed by atoms with Gasteiger partial charge < -0.3 is 30.3 Å². The molecule has 0 radical (unpaired) electrons. The van der Waals surface area contributed by atoms with Gasteiger partial charge in [0.2, 0.25) is 0 Å². The second-order valence-electron chi connectivity index (χ2n) is 11.8. The Kier molecular flexibility index (Phi) is 7.43. The molecule has 2 aromatic rings. The van der Waals surface area contributed by atoms with Crippen molar-refractivity contribution >= 4 is 5.97 Å². The van der Waals surface area contributed by atoms with Gasteiger partial charge in [-0.05, 0) is 98.6 Å². The van der Waals surface area contributed by atoms with Crippen LogP contribution in [0.5, 0.6) is 5.75 Å². The maximum Gasteiger partial charge on any atom is 0.343 e. The zero-order chi connectivity index (χ0) is 27.4. The average molecular weight is 489 g/mol. The molecule has 0 saturated heterocycles.